The summed E-state index contributed by atoms with van der Waals surface area (Å²) in [6.07, 6.45) is 0. The fourth-order valence-corrected chi connectivity index (χ4v) is 3.03. The second-order valence-corrected chi connectivity index (χ2v) is 7.94. The Morgan fingerprint density at radius 2 is 2.00 bits per heavy atom. The molecule has 0 radical (unpaired) electrons. The minimum atomic E-state index is -0.226. The predicted octanol–water partition coefficient (Wildman–Crippen LogP) is 3.76. The number of amides is 1. The molecule has 140 valence electrons. The molecule has 3 N–H and O–H groups in total. The minimum Gasteiger partial charge on any atom is -0.487 e. The Morgan fingerprint density at radius 1 is 1.31 bits per heavy atom. The summed E-state index contributed by atoms with van der Waals surface area (Å²) in [6, 6.07) is 5.88. The lowest BCUT2D eigenvalue weighted by molar-refractivity contribution is 0.0951. The molecule has 1 heterocycles. The lowest BCUT2D eigenvalue weighted by Gasteiger charge is -2.23. The van der Waals surface area contributed by atoms with Gasteiger partial charge in [-0.2, -0.15) is 0 Å². The highest BCUT2D eigenvalue weighted by Gasteiger charge is 2.22. The third-order valence-electron chi connectivity index (χ3n) is 3.86. The van der Waals surface area contributed by atoms with Gasteiger partial charge in [0.25, 0.3) is 5.91 Å². The third-order valence-corrected chi connectivity index (χ3v) is 4.35. The second-order valence-electron chi connectivity index (χ2n) is 7.03. The molecule has 0 aliphatic heterocycles. The number of benzene rings is 1. The van der Waals surface area contributed by atoms with Crippen molar-refractivity contribution in [3.05, 3.63) is 45.2 Å². The van der Waals surface area contributed by atoms with Gasteiger partial charge in [0.1, 0.15) is 12.4 Å². The molecule has 0 unspecified atom stereocenters. The third kappa shape index (κ3) is 4.72. The fraction of sp³-hybridized carbons (Fsp3) is 0.421. The van der Waals surface area contributed by atoms with Crippen molar-refractivity contribution >= 4 is 27.8 Å². The van der Waals surface area contributed by atoms with Crippen molar-refractivity contribution in [2.45, 2.75) is 46.6 Å². The topological polar surface area (TPSA) is 90.1 Å². The van der Waals surface area contributed by atoms with Gasteiger partial charge in [0.05, 0.1) is 17.0 Å². The van der Waals surface area contributed by atoms with Crippen molar-refractivity contribution in [1.29, 1.82) is 0 Å². The van der Waals surface area contributed by atoms with E-state index in [0.29, 0.717) is 23.5 Å². The smallest absolute Gasteiger partial charge is 0.255 e. The summed E-state index contributed by atoms with van der Waals surface area (Å²) in [4.78, 5) is 20.7. The van der Waals surface area contributed by atoms with Crippen LogP contribution in [0.25, 0.3) is 0 Å². The van der Waals surface area contributed by atoms with Crippen LogP contribution in [-0.2, 0) is 12.0 Å². The van der Waals surface area contributed by atoms with Crippen LogP contribution in [0.1, 0.15) is 55.0 Å². The Labute approximate surface area is 162 Å². The quantitative estimate of drug-likeness (QED) is 0.768. The van der Waals surface area contributed by atoms with Crippen LogP contribution in [0.4, 0.5) is 5.95 Å². The molecule has 0 bridgehead atoms. The molecular weight excluding hydrogens is 396 g/mol. The van der Waals surface area contributed by atoms with E-state index in [1.807, 2.05) is 25.1 Å². The summed E-state index contributed by atoms with van der Waals surface area (Å²) in [7, 11) is 0. The molecule has 0 aliphatic rings. The maximum absolute atomic E-state index is 12.4. The van der Waals surface area contributed by atoms with E-state index in [1.165, 1.54) is 0 Å². The average Bonchev–Trinajstić information content (AvgIpc) is 2.52. The normalized spacial score (nSPS) is 11.3. The number of ether oxygens (including phenoxy) is 1. The molecule has 1 aromatic heterocycles. The summed E-state index contributed by atoms with van der Waals surface area (Å²) in [6.45, 7) is 10.6. The SMILES string of the molecule is CCNC(=O)c1c(C)nc(N)nc1COc1ccc(Br)cc1C(C)(C)C. The molecule has 7 heteroatoms. The largest absolute Gasteiger partial charge is 0.487 e. The minimum absolute atomic E-state index is 0.0951. The highest BCUT2D eigenvalue weighted by Crippen LogP contribution is 2.34. The first kappa shape index (κ1) is 20.2. The first-order chi connectivity index (χ1) is 12.1. The average molecular weight is 421 g/mol. The Morgan fingerprint density at radius 3 is 2.62 bits per heavy atom. The van der Waals surface area contributed by atoms with Crippen molar-refractivity contribution in [3.8, 4) is 5.75 Å². The highest BCUT2D eigenvalue weighted by atomic mass is 79.9. The molecular formula is C19H25BrN4O2. The maximum Gasteiger partial charge on any atom is 0.255 e. The Hall–Kier alpha value is -2.15. The number of nitrogens with two attached hydrogens (primary N) is 1. The molecule has 6 nitrogen and oxygen atoms in total. The van der Waals surface area contributed by atoms with Crippen LogP contribution in [0.2, 0.25) is 0 Å². The fourth-order valence-electron chi connectivity index (χ4n) is 2.66. The van der Waals surface area contributed by atoms with E-state index in [0.717, 1.165) is 15.8 Å². The lowest BCUT2D eigenvalue weighted by Crippen LogP contribution is -2.27. The van der Waals surface area contributed by atoms with Gasteiger partial charge in [0.15, 0.2) is 0 Å². The van der Waals surface area contributed by atoms with Gasteiger partial charge in [-0.1, -0.05) is 36.7 Å². The zero-order chi connectivity index (χ0) is 19.5. The number of hydrogen-bond acceptors (Lipinski definition) is 5. The van der Waals surface area contributed by atoms with E-state index in [2.05, 4.69) is 52.0 Å². The van der Waals surface area contributed by atoms with Gasteiger partial charge >= 0.3 is 0 Å². The van der Waals surface area contributed by atoms with Gasteiger partial charge in [0, 0.05) is 16.6 Å². The number of nitrogens with zero attached hydrogens (tertiary/aromatic N) is 2. The van der Waals surface area contributed by atoms with Crippen LogP contribution in [0.15, 0.2) is 22.7 Å². The van der Waals surface area contributed by atoms with Crippen LogP contribution >= 0.6 is 15.9 Å². The van der Waals surface area contributed by atoms with E-state index < -0.39 is 0 Å². The van der Waals surface area contributed by atoms with Crippen molar-refractivity contribution in [2.75, 3.05) is 12.3 Å². The number of hydrogen-bond donors (Lipinski definition) is 2. The maximum atomic E-state index is 12.4. The molecule has 0 spiro atoms. The monoisotopic (exact) mass is 420 g/mol. The van der Waals surface area contributed by atoms with Crippen molar-refractivity contribution < 1.29 is 9.53 Å². The molecule has 0 fully saturated rings. The molecule has 2 aromatic rings. The first-order valence-corrected chi connectivity index (χ1v) is 9.26. The van der Waals surface area contributed by atoms with E-state index in [-0.39, 0.29) is 23.9 Å². The lowest BCUT2D eigenvalue weighted by atomic mass is 9.86. The molecule has 1 amide bonds. The first-order valence-electron chi connectivity index (χ1n) is 8.47. The van der Waals surface area contributed by atoms with Gasteiger partial charge in [-0.15, -0.1) is 0 Å². The summed E-state index contributed by atoms with van der Waals surface area (Å²) < 4.78 is 7.02. The van der Waals surface area contributed by atoms with Gasteiger partial charge < -0.3 is 15.8 Å². The highest BCUT2D eigenvalue weighted by molar-refractivity contribution is 9.10. The summed E-state index contributed by atoms with van der Waals surface area (Å²) in [5, 5.41) is 2.78. The van der Waals surface area contributed by atoms with Gasteiger partial charge in [-0.25, -0.2) is 9.97 Å². The number of anilines is 1. The Balaban J connectivity index is 2.38. The van der Waals surface area contributed by atoms with Crippen LogP contribution in [-0.4, -0.2) is 22.4 Å². The number of carbonyl (C=O) groups excluding carboxylic acids is 1. The van der Waals surface area contributed by atoms with E-state index >= 15 is 0 Å². The van der Waals surface area contributed by atoms with E-state index in [4.69, 9.17) is 10.5 Å². The summed E-state index contributed by atoms with van der Waals surface area (Å²) >= 11 is 3.51. The molecule has 0 saturated heterocycles. The molecule has 1 aromatic carbocycles. The molecule has 0 aliphatic carbocycles. The summed E-state index contributed by atoms with van der Waals surface area (Å²) in [5.74, 6) is 0.647. The Kier molecular flexibility index (Phi) is 6.23. The second kappa shape index (κ2) is 8.03. The Bertz CT molecular complexity index is 816. The van der Waals surface area contributed by atoms with Crippen molar-refractivity contribution in [3.63, 3.8) is 0 Å². The predicted molar refractivity (Wildman–Crippen MR) is 106 cm³/mol. The van der Waals surface area contributed by atoms with Crippen molar-refractivity contribution in [2.24, 2.45) is 0 Å². The number of nitrogen functional groups attached to an aromatic ring is 1. The van der Waals surface area contributed by atoms with Gasteiger partial charge in [-0.05, 0) is 37.5 Å². The molecule has 0 saturated carbocycles. The number of carbonyl (C=O) groups is 1. The standard InChI is InChI=1S/C19H25BrN4O2/c1-6-22-17(25)16-11(2)23-18(21)24-14(16)10-26-15-8-7-12(20)9-13(15)19(3,4)5/h7-9H,6,10H2,1-5H3,(H,22,25)(H2,21,23,24). The van der Waals surface area contributed by atoms with Crippen LogP contribution in [0.5, 0.6) is 5.75 Å². The van der Waals surface area contributed by atoms with Crippen LogP contribution in [0, 0.1) is 6.92 Å². The number of aryl methyl sites for hydroxylation is 1. The van der Waals surface area contributed by atoms with E-state index in [1.54, 1.807) is 6.92 Å². The molecule has 2 rings (SSSR count). The zero-order valence-corrected chi connectivity index (χ0v) is 17.4. The van der Waals surface area contributed by atoms with Crippen molar-refractivity contribution in [1.82, 2.24) is 15.3 Å². The number of nitrogens with one attached hydrogen (secondary N) is 1. The van der Waals surface area contributed by atoms with Crippen LogP contribution in [0.3, 0.4) is 0 Å². The van der Waals surface area contributed by atoms with Gasteiger partial charge in [-0.3, -0.25) is 4.79 Å². The van der Waals surface area contributed by atoms with Gasteiger partial charge in [0.2, 0.25) is 5.95 Å². The zero-order valence-electron chi connectivity index (χ0n) is 15.8. The number of halogens is 1. The molecule has 26 heavy (non-hydrogen) atoms. The van der Waals surface area contributed by atoms with E-state index in [9.17, 15) is 4.79 Å². The molecule has 0 atom stereocenters. The number of rotatable bonds is 5. The number of aromatic nitrogens is 2. The summed E-state index contributed by atoms with van der Waals surface area (Å²) in [5.41, 5.74) is 8.16. The van der Waals surface area contributed by atoms with Crippen LogP contribution < -0.4 is 15.8 Å².